The Hall–Kier alpha value is -3.06. The summed E-state index contributed by atoms with van der Waals surface area (Å²) >= 11 is 3.52. The molecule has 0 fully saturated rings. The quantitative estimate of drug-likeness (QED) is 0.569. The minimum absolute atomic E-state index is 0.0146. The van der Waals surface area contributed by atoms with Crippen LogP contribution < -0.4 is 14.8 Å². The van der Waals surface area contributed by atoms with Gasteiger partial charge in [0, 0.05) is 33.8 Å². The Labute approximate surface area is 201 Å². The van der Waals surface area contributed by atoms with Crippen molar-refractivity contribution in [1.82, 2.24) is 5.32 Å². The van der Waals surface area contributed by atoms with E-state index in [1.54, 1.807) is 14.2 Å². The summed E-state index contributed by atoms with van der Waals surface area (Å²) in [6.07, 6.45) is 0.987. The Morgan fingerprint density at radius 1 is 1.00 bits per heavy atom. The van der Waals surface area contributed by atoms with Gasteiger partial charge in [-0.1, -0.05) is 34.1 Å². The fourth-order valence-corrected chi connectivity index (χ4v) is 5.20. The first kappa shape index (κ1) is 23.1. The number of methoxy groups -OCH3 is 3. The number of esters is 1. The highest BCUT2D eigenvalue weighted by Crippen LogP contribution is 2.46. The van der Waals surface area contributed by atoms with Crippen molar-refractivity contribution in [2.75, 3.05) is 21.3 Å². The van der Waals surface area contributed by atoms with Crippen LogP contribution in [0.1, 0.15) is 42.7 Å². The molecule has 1 N–H and O–H groups in total. The molecular weight excluding hydrogens is 486 g/mol. The Kier molecular flexibility index (Phi) is 6.61. The van der Waals surface area contributed by atoms with E-state index in [1.165, 1.54) is 7.11 Å². The summed E-state index contributed by atoms with van der Waals surface area (Å²) in [6, 6.07) is 13.5. The van der Waals surface area contributed by atoms with Crippen LogP contribution in [0.25, 0.3) is 0 Å². The van der Waals surface area contributed by atoms with E-state index in [0.717, 1.165) is 21.3 Å². The fourth-order valence-electron chi connectivity index (χ4n) is 4.78. The van der Waals surface area contributed by atoms with Gasteiger partial charge in [0.05, 0.1) is 26.9 Å². The molecule has 1 aliphatic carbocycles. The van der Waals surface area contributed by atoms with Crippen molar-refractivity contribution in [3.8, 4) is 11.5 Å². The van der Waals surface area contributed by atoms with Gasteiger partial charge < -0.3 is 19.5 Å². The van der Waals surface area contributed by atoms with Crippen LogP contribution in [0.3, 0.4) is 0 Å². The molecule has 0 bridgehead atoms. The van der Waals surface area contributed by atoms with E-state index >= 15 is 0 Å². The second kappa shape index (κ2) is 9.43. The minimum atomic E-state index is -0.481. The van der Waals surface area contributed by atoms with Gasteiger partial charge in [0.1, 0.15) is 0 Å². The van der Waals surface area contributed by atoms with E-state index in [9.17, 15) is 9.59 Å². The Balaban J connectivity index is 1.78. The lowest BCUT2D eigenvalue weighted by atomic mass is 9.71. The van der Waals surface area contributed by atoms with Crippen molar-refractivity contribution in [1.29, 1.82) is 0 Å². The number of benzene rings is 2. The van der Waals surface area contributed by atoms with Gasteiger partial charge in [-0.3, -0.25) is 4.79 Å². The summed E-state index contributed by atoms with van der Waals surface area (Å²) in [5.74, 6) is 0.364. The number of dihydropyridines is 1. The average Bonchev–Trinajstić information content (AvgIpc) is 2.82. The predicted octanol–water partition coefficient (Wildman–Crippen LogP) is 5.00. The van der Waals surface area contributed by atoms with E-state index in [4.69, 9.17) is 14.2 Å². The molecule has 0 unspecified atom stereocenters. The number of ether oxygens (including phenoxy) is 3. The molecule has 0 spiro atoms. The lowest BCUT2D eigenvalue weighted by Crippen LogP contribution is -2.36. The Morgan fingerprint density at radius 2 is 1.76 bits per heavy atom. The van der Waals surface area contributed by atoms with Gasteiger partial charge in [0.25, 0.3) is 0 Å². The summed E-state index contributed by atoms with van der Waals surface area (Å²) in [5, 5.41) is 3.35. The number of allylic oxidation sites excluding steroid dienone is 3. The Bertz CT molecular complexity index is 1180. The molecule has 172 valence electrons. The van der Waals surface area contributed by atoms with Crippen molar-refractivity contribution in [3.63, 3.8) is 0 Å². The van der Waals surface area contributed by atoms with Crippen LogP contribution in [-0.2, 0) is 14.3 Å². The van der Waals surface area contributed by atoms with Gasteiger partial charge in [-0.25, -0.2) is 4.79 Å². The first-order valence-corrected chi connectivity index (χ1v) is 11.5. The zero-order valence-electron chi connectivity index (χ0n) is 19.0. The topological polar surface area (TPSA) is 73.9 Å². The van der Waals surface area contributed by atoms with Crippen molar-refractivity contribution in [2.24, 2.45) is 0 Å². The number of nitrogens with one attached hydrogen (secondary N) is 1. The van der Waals surface area contributed by atoms with E-state index in [2.05, 4.69) is 21.2 Å². The lowest BCUT2D eigenvalue weighted by Gasteiger charge is -2.36. The number of ketones is 1. The normalized spacial score (nSPS) is 20.2. The predicted molar refractivity (Wildman–Crippen MR) is 128 cm³/mol. The third-order valence-electron chi connectivity index (χ3n) is 6.29. The lowest BCUT2D eigenvalue weighted by molar-refractivity contribution is -0.136. The van der Waals surface area contributed by atoms with Gasteiger partial charge in [0.2, 0.25) is 0 Å². The van der Waals surface area contributed by atoms with E-state index in [-0.39, 0.29) is 11.7 Å². The molecule has 0 radical (unpaired) electrons. The van der Waals surface area contributed by atoms with Crippen molar-refractivity contribution in [2.45, 2.75) is 31.6 Å². The smallest absolute Gasteiger partial charge is 0.336 e. The zero-order valence-corrected chi connectivity index (χ0v) is 20.6. The fraction of sp³-hybridized carbons (Fsp3) is 0.308. The van der Waals surface area contributed by atoms with E-state index in [0.29, 0.717) is 41.2 Å². The first-order valence-electron chi connectivity index (χ1n) is 10.7. The summed E-state index contributed by atoms with van der Waals surface area (Å²) in [5.41, 5.74) is 4.53. The number of hydrogen-bond acceptors (Lipinski definition) is 6. The van der Waals surface area contributed by atoms with Crippen LogP contribution in [0.5, 0.6) is 11.5 Å². The highest BCUT2D eigenvalue weighted by atomic mass is 79.9. The molecule has 0 saturated carbocycles. The van der Waals surface area contributed by atoms with Crippen LogP contribution in [0.2, 0.25) is 0 Å². The van der Waals surface area contributed by atoms with Gasteiger partial charge in [0.15, 0.2) is 17.3 Å². The molecule has 0 amide bonds. The third-order valence-corrected chi connectivity index (χ3v) is 6.79. The third kappa shape index (κ3) is 4.29. The minimum Gasteiger partial charge on any atom is -0.493 e. The molecule has 1 heterocycles. The molecule has 33 heavy (non-hydrogen) atoms. The maximum absolute atomic E-state index is 13.6. The molecule has 6 nitrogen and oxygen atoms in total. The number of Topliss-reactive ketones (excluding diaryl/α,β-unsaturated/α-hetero) is 1. The summed E-state index contributed by atoms with van der Waals surface area (Å²) in [7, 11) is 4.56. The van der Waals surface area contributed by atoms with E-state index < -0.39 is 11.9 Å². The molecule has 2 aromatic carbocycles. The van der Waals surface area contributed by atoms with Gasteiger partial charge in [-0.05, 0) is 54.7 Å². The summed E-state index contributed by atoms with van der Waals surface area (Å²) in [6.45, 7) is 1.85. The Morgan fingerprint density at radius 3 is 2.42 bits per heavy atom. The van der Waals surface area contributed by atoms with Crippen molar-refractivity contribution in [3.05, 3.63) is 80.6 Å². The second-order valence-electron chi connectivity index (χ2n) is 8.18. The number of rotatable bonds is 5. The monoisotopic (exact) mass is 511 g/mol. The molecule has 4 rings (SSSR count). The van der Waals surface area contributed by atoms with Crippen LogP contribution in [0.15, 0.2) is 69.5 Å². The highest BCUT2D eigenvalue weighted by molar-refractivity contribution is 9.10. The standard InChI is InChI=1S/C26H26BrNO5/c1-14-23(26(30)33-4)24(16-6-5-7-18(27)10-16)25-19(28-14)11-17(12-20(25)29)15-8-9-21(31-2)22(13-15)32-3/h5-10,13,17,24,28H,11-12H2,1-4H3/t17-,24+/m1/s1. The van der Waals surface area contributed by atoms with Gasteiger partial charge in [-0.15, -0.1) is 0 Å². The molecule has 7 heteroatoms. The SMILES string of the molecule is COC(=O)C1=C(C)NC2=C(C(=O)C[C@H](c3ccc(OC)c(OC)c3)C2)[C@H]1c1cccc(Br)c1. The molecule has 2 aliphatic rings. The summed E-state index contributed by atoms with van der Waals surface area (Å²) in [4.78, 5) is 26.3. The molecule has 0 saturated heterocycles. The highest BCUT2D eigenvalue weighted by Gasteiger charge is 2.41. The molecule has 2 aromatic rings. The maximum Gasteiger partial charge on any atom is 0.336 e. The second-order valence-corrected chi connectivity index (χ2v) is 9.09. The van der Waals surface area contributed by atoms with Crippen molar-refractivity contribution < 1.29 is 23.8 Å². The van der Waals surface area contributed by atoms with Gasteiger partial charge in [-0.2, -0.15) is 0 Å². The van der Waals surface area contributed by atoms with Crippen LogP contribution >= 0.6 is 15.9 Å². The number of halogens is 1. The average molecular weight is 512 g/mol. The largest absolute Gasteiger partial charge is 0.493 e. The number of carbonyl (C=O) groups is 2. The molecule has 1 aliphatic heterocycles. The molecule has 0 aromatic heterocycles. The summed E-state index contributed by atoms with van der Waals surface area (Å²) < 4.78 is 16.8. The number of hydrogen-bond donors (Lipinski definition) is 1. The molecular formula is C26H26BrNO5. The van der Waals surface area contributed by atoms with Crippen LogP contribution in [0, 0.1) is 0 Å². The van der Waals surface area contributed by atoms with Gasteiger partial charge >= 0.3 is 5.97 Å². The van der Waals surface area contributed by atoms with Crippen LogP contribution in [0.4, 0.5) is 0 Å². The number of carbonyl (C=O) groups excluding carboxylic acids is 2. The van der Waals surface area contributed by atoms with E-state index in [1.807, 2.05) is 49.4 Å². The van der Waals surface area contributed by atoms with Crippen LogP contribution in [-0.4, -0.2) is 33.1 Å². The first-order chi connectivity index (χ1) is 15.9. The zero-order chi connectivity index (χ0) is 23.7. The van der Waals surface area contributed by atoms with Crippen molar-refractivity contribution >= 4 is 27.7 Å². The maximum atomic E-state index is 13.6. The molecule has 2 atom stereocenters.